The standard InChI is InChI=1S/C6H11NO2S2.Na/c1-7(6(10)11)4-5-8-2-3-9-5;/h5H,2-4H2,1H3,(H,10,11);/q;+1/p-1. The Morgan fingerprint density at radius 1 is 1.58 bits per heavy atom. The van der Waals surface area contributed by atoms with Crippen LogP contribution in [-0.4, -0.2) is 42.3 Å². The number of nitrogens with zero attached hydrogens (tertiary/aromatic N) is 1. The summed E-state index contributed by atoms with van der Waals surface area (Å²) in [5.41, 5.74) is 0. The van der Waals surface area contributed by atoms with Crippen LogP contribution in [0, 0.1) is 0 Å². The number of rotatable bonds is 2. The number of ether oxygens (including phenoxy) is 2. The quantitative estimate of drug-likeness (QED) is 0.280. The second-order valence-electron chi connectivity index (χ2n) is 2.32. The summed E-state index contributed by atoms with van der Waals surface area (Å²) >= 11 is 9.56. The predicted molar refractivity (Wildman–Crippen MR) is 48.3 cm³/mol. The number of likely N-dealkylation sites (N-methyl/N-ethyl adjacent to an activating group) is 1. The van der Waals surface area contributed by atoms with E-state index in [1.54, 1.807) is 4.90 Å². The zero-order chi connectivity index (χ0) is 8.27. The van der Waals surface area contributed by atoms with Crippen LogP contribution in [0.15, 0.2) is 0 Å². The Morgan fingerprint density at radius 2 is 2.08 bits per heavy atom. The molecule has 0 unspecified atom stereocenters. The smallest absolute Gasteiger partial charge is 0.411 e. The Morgan fingerprint density at radius 3 is 2.50 bits per heavy atom. The summed E-state index contributed by atoms with van der Waals surface area (Å²) in [5, 5.41) is 0. The van der Waals surface area contributed by atoms with Crippen molar-refractivity contribution in [3.8, 4) is 0 Å². The van der Waals surface area contributed by atoms with Gasteiger partial charge in [0.2, 0.25) is 0 Å². The SMILES string of the molecule is CN(CC1OCCO1)C(=S)[S-].[Na+]. The van der Waals surface area contributed by atoms with Gasteiger partial charge in [-0.25, -0.2) is 0 Å². The minimum Gasteiger partial charge on any atom is -0.411 e. The maximum Gasteiger partial charge on any atom is 1.00 e. The van der Waals surface area contributed by atoms with Crippen LogP contribution in [0.3, 0.4) is 0 Å². The van der Waals surface area contributed by atoms with Crippen molar-refractivity contribution in [2.75, 3.05) is 26.8 Å². The molecule has 1 rings (SSSR count). The van der Waals surface area contributed by atoms with Gasteiger partial charge in [0.1, 0.15) is 0 Å². The van der Waals surface area contributed by atoms with Crippen LogP contribution in [-0.2, 0) is 22.1 Å². The summed E-state index contributed by atoms with van der Waals surface area (Å²) in [6.07, 6.45) is -0.152. The minimum absolute atomic E-state index is 0. The summed E-state index contributed by atoms with van der Waals surface area (Å²) in [5.74, 6) is 0. The molecule has 0 bridgehead atoms. The Hall–Kier alpha value is 1.03. The predicted octanol–water partition coefficient (Wildman–Crippen LogP) is -2.87. The zero-order valence-electron chi connectivity index (χ0n) is 7.28. The molecule has 0 atom stereocenters. The maximum absolute atomic E-state index is 5.20. The molecular formula is C6H10NNaO2S2. The molecule has 0 N–H and O–H groups in total. The van der Waals surface area contributed by atoms with Gasteiger partial charge in [0.15, 0.2) is 6.29 Å². The monoisotopic (exact) mass is 215 g/mol. The van der Waals surface area contributed by atoms with Gasteiger partial charge in [-0.1, -0.05) is 4.32 Å². The second-order valence-corrected chi connectivity index (χ2v) is 3.35. The van der Waals surface area contributed by atoms with Gasteiger partial charge in [-0.2, -0.15) is 0 Å². The van der Waals surface area contributed by atoms with Crippen LogP contribution in [0.1, 0.15) is 0 Å². The van der Waals surface area contributed by atoms with Crippen LogP contribution in [0.25, 0.3) is 0 Å². The third-order valence-electron chi connectivity index (χ3n) is 1.43. The van der Waals surface area contributed by atoms with E-state index in [0.29, 0.717) is 24.1 Å². The molecule has 0 aliphatic carbocycles. The third kappa shape index (κ3) is 4.32. The zero-order valence-corrected chi connectivity index (χ0v) is 10.9. The molecule has 0 aromatic rings. The molecule has 1 aliphatic heterocycles. The van der Waals surface area contributed by atoms with Crippen molar-refractivity contribution in [3.63, 3.8) is 0 Å². The van der Waals surface area contributed by atoms with Gasteiger partial charge < -0.3 is 39.2 Å². The fraction of sp³-hybridized carbons (Fsp3) is 0.833. The first-order valence-electron chi connectivity index (χ1n) is 3.35. The maximum atomic E-state index is 5.20. The van der Waals surface area contributed by atoms with Crippen molar-refractivity contribution in [2.24, 2.45) is 0 Å². The van der Waals surface area contributed by atoms with Crippen molar-refractivity contribution in [1.82, 2.24) is 4.90 Å². The van der Waals surface area contributed by atoms with Gasteiger partial charge in [-0.3, -0.25) is 0 Å². The molecule has 0 radical (unpaired) electrons. The van der Waals surface area contributed by atoms with Crippen molar-refractivity contribution >= 4 is 29.2 Å². The van der Waals surface area contributed by atoms with Gasteiger partial charge in [0.25, 0.3) is 0 Å². The Bertz CT molecular complexity index is 152. The first kappa shape index (κ1) is 13.0. The largest absolute Gasteiger partial charge is 1.00 e. The van der Waals surface area contributed by atoms with Crippen LogP contribution in [0.2, 0.25) is 0 Å². The van der Waals surface area contributed by atoms with E-state index in [9.17, 15) is 0 Å². The molecular weight excluding hydrogens is 205 g/mol. The Labute approximate surface area is 105 Å². The molecule has 6 heteroatoms. The van der Waals surface area contributed by atoms with Crippen LogP contribution in [0.4, 0.5) is 0 Å². The molecule has 3 nitrogen and oxygen atoms in total. The number of hydrogen-bond acceptors (Lipinski definition) is 4. The second kappa shape index (κ2) is 6.48. The van der Waals surface area contributed by atoms with E-state index in [1.165, 1.54) is 0 Å². The van der Waals surface area contributed by atoms with Crippen molar-refractivity contribution in [2.45, 2.75) is 6.29 Å². The molecule has 12 heavy (non-hydrogen) atoms. The van der Waals surface area contributed by atoms with E-state index < -0.39 is 0 Å². The molecule has 0 aromatic carbocycles. The van der Waals surface area contributed by atoms with E-state index in [2.05, 4.69) is 0 Å². The number of hydrogen-bond donors (Lipinski definition) is 0. The number of thiocarbonyl (C=S) groups is 1. The van der Waals surface area contributed by atoms with E-state index in [-0.39, 0.29) is 35.8 Å². The van der Waals surface area contributed by atoms with Gasteiger partial charge in [0.05, 0.1) is 19.8 Å². The van der Waals surface area contributed by atoms with Crippen LogP contribution in [0.5, 0.6) is 0 Å². The first-order chi connectivity index (χ1) is 5.20. The van der Waals surface area contributed by atoms with E-state index in [0.717, 1.165) is 0 Å². The fourth-order valence-electron chi connectivity index (χ4n) is 0.811. The van der Waals surface area contributed by atoms with E-state index >= 15 is 0 Å². The van der Waals surface area contributed by atoms with Crippen LogP contribution < -0.4 is 29.6 Å². The van der Waals surface area contributed by atoms with Crippen molar-refractivity contribution < 1.29 is 39.0 Å². The van der Waals surface area contributed by atoms with Crippen molar-refractivity contribution in [1.29, 1.82) is 0 Å². The first-order valence-corrected chi connectivity index (χ1v) is 4.17. The summed E-state index contributed by atoms with van der Waals surface area (Å²) in [7, 11) is 1.83. The van der Waals surface area contributed by atoms with Crippen LogP contribution >= 0.6 is 12.2 Å². The molecule has 1 aliphatic rings. The van der Waals surface area contributed by atoms with Crippen molar-refractivity contribution in [3.05, 3.63) is 0 Å². The molecule has 1 saturated heterocycles. The van der Waals surface area contributed by atoms with E-state index in [4.69, 9.17) is 34.3 Å². The molecule has 0 amide bonds. The summed E-state index contributed by atoms with van der Waals surface area (Å²) in [6.45, 7) is 1.97. The molecule has 64 valence electrons. The Kier molecular flexibility index (Phi) is 7.03. The van der Waals surface area contributed by atoms with E-state index in [1.807, 2.05) is 7.05 Å². The summed E-state index contributed by atoms with van der Waals surface area (Å²) < 4.78 is 10.9. The fourth-order valence-corrected chi connectivity index (χ4v) is 0.960. The van der Waals surface area contributed by atoms with Gasteiger partial charge in [0, 0.05) is 7.05 Å². The molecule has 1 heterocycles. The molecule has 1 fully saturated rings. The normalized spacial score (nSPS) is 17.1. The average molecular weight is 215 g/mol. The topological polar surface area (TPSA) is 21.7 Å². The van der Waals surface area contributed by atoms with Gasteiger partial charge >= 0.3 is 29.6 Å². The molecule has 0 aromatic heterocycles. The average Bonchev–Trinajstić information content (AvgIpc) is 2.39. The Balaban J connectivity index is 0.00000121. The van der Waals surface area contributed by atoms with Gasteiger partial charge in [-0.15, -0.1) is 0 Å². The summed E-state index contributed by atoms with van der Waals surface area (Å²) in [4.78, 5) is 1.76. The minimum atomic E-state index is -0.152. The summed E-state index contributed by atoms with van der Waals surface area (Å²) in [6, 6.07) is 0. The van der Waals surface area contributed by atoms with Gasteiger partial charge in [-0.05, 0) is 0 Å². The third-order valence-corrected chi connectivity index (χ3v) is 2.05. The molecule has 0 saturated carbocycles. The molecule has 0 spiro atoms.